The Morgan fingerprint density at radius 2 is 0.821 bits per heavy atom. The van der Waals surface area contributed by atoms with Gasteiger partial charge >= 0.3 is 0 Å². The second kappa shape index (κ2) is 22.6. The van der Waals surface area contributed by atoms with Crippen LogP contribution in [0.2, 0.25) is 0 Å². The molecule has 0 saturated heterocycles. The van der Waals surface area contributed by atoms with Crippen LogP contribution in [0.15, 0.2) is 0 Å². The molecule has 0 aliphatic carbocycles. The summed E-state index contributed by atoms with van der Waals surface area (Å²) in [5.74, 6) is 0.944. The minimum absolute atomic E-state index is 0. The van der Waals surface area contributed by atoms with E-state index in [9.17, 15) is 0 Å². The van der Waals surface area contributed by atoms with Crippen molar-refractivity contribution in [3.63, 3.8) is 0 Å². The Bertz CT molecular complexity index is 268. The molecular weight excluding hydrogens is 423 g/mol. The molecule has 0 N–H and O–H groups in total. The lowest BCUT2D eigenvalue weighted by molar-refractivity contribution is 0.270. The maximum atomic E-state index is 3.45. The topological polar surface area (TPSA) is 0 Å². The molecule has 0 saturated carbocycles. The number of unbranched alkanes of at least 4 members (excludes halogenated alkanes) is 12. The summed E-state index contributed by atoms with van der Waals surface area (Å²) in [5, 5.41) is 0.528. The fourth-order valence-electron chi connectivity index (χ4n) is 4.65. The van der Waals surface area contributed by atoms with Crippen LogP contribution < -0.4 is 0 Å². The van der Waals surface area contributed by atoms with Gasteiger partial charge in [-0.1, -0.05) is 130 Å². The van der Waals surface area contributed by atoms with Crippen LogP contribution >= 0.6 is 26.2 Å². The van der Waals surface area contributed by atoms with Crippen molar-refractivity contribution < 1.29 is 0 Å². The van der Waals surface area contributed by atoms with Crippen molar-refractivity contribution in [2.24, 2.45) is 5.92 Å². The Balaban J connectivity index is 0. The zero-order valence-electron chi connectivity index (χ0n) is 20.2. The molecule has 0 aromatic heterocycles. The van der Waals surface area contributed by atoms with Crippen LogP contribution in [-0.2, 0) is 0 Å². The average molecular weight is 480 g/mol. The molecule has 28 heavy (non-hydrogen) atoms. The van der Waals surface area contributed by atoms with Gasteiger partial charge in [0.05, 0.1) is 0 Å². The summed E-state index contributed by atoms with van der Waals surface area (Å²) in [6.07, 6.45) is 28.7. The highest BCUT2D eigenvalue weighted by Crippen LogP contribution is 2.44. The average Bonchev–Trinajstić information content (AvgIpc) is 2.67. The van der Waals surface area contributed by atoms with Gasteiger partial charge in [0, 0.05) is 0 Å². The summed E-state index contributed by atoms with van der Waals surface area (Å²) >= 11 is 0. The van der Waals surface area contributed by atoms with E-state index in [1.807, 2.05) is 0 Å². The first-order valence-electron chi connectivity index (χ1n) is 12.9. The summed E-state index contributed by atoms with van der Waals surface area (Å²) in [6.45, 7) is 9.35. The van der Waals surface area contributed by atoms with E-state index in [4.69, 9.17) is 0 Å². The maximum Gasteiger partial charge on any atom is -0.0122 e. The highest BCUT2D eigenvalue weighted by Gasteiger charge is 2.32. The molecule has 0 nitrogen and oxygen atoms in total. The fourth-order valence-corrected chi connectivity index (χ4v) is 5.39. The van der Waals surface area contributed by atoms with Gasteiger partial charge in [0.15, 0.2) is 0 Å². The fraction of sp³-hybridized carbons (Fsp3) is 1.00. The predicted molar refractivity (Wildman–Crippen MR) is 141 cm³/mol. The molecule has 0 fully saturated rings. The molecule has 0 spiro atoms. The van der Waals surface area contributed by atoms with Crippen LogP contribution in [0.25, 0.3) is 0 Å². The van der Waals surface area contributed by atoms with Crippen LogP contribution in [-0.4, -0.2) is 5.16 Å². The first-order chi connectivity index (χ1) is 13.1. The third kappa shape index (κ3) is 16.7. The summed E-state index contributed by atoms with van der Waals surface area (Å²) in [5.41, 5.74) is 0. The van der Waals surface area contributed by atoms with Crippen molar-refractivity contribution in [2.75, 3.05) is 0 Å². The van der Waals surface area contributed by atoms with Crippen molar-refractivity contribution in [3.05, 3.63) is 0 Å². The van der Waals surface area contributed by atoms with Gasteiger partial charge in [-0.2, -0.15) is 0 Å². The SMILES string of the molecule is Br.CCCCCCC(CCCCCC)C(P)(CCCCCC)CCCCCC. The molecule has 0 rings (SSSR count). The van der Waals surface area contributed by atoms with Gasteiger partial charge in [0.1, 0.15) is 0 Å². The summed E-state index contributed by atoms with van der Waals surface area (Å²) < 4.78 is 0. The molecule has 0 heterocycles. The van der Waals surface area contributed by atoms with Gasteiger partial charge in [-0.05, 0) is 36.8 Å². The zero-order chi connectivity index (χ0) is 20.2. The minimum atomic E-state index is 0. The van der Waals surface area contributed by atoms with Crippen molar-refractivity contribution in [3.8, 4) is 0 Å². The molecule has 0 aromatic rings. The highest BCUT2D eigenvalue weighted by molar-refractivity contribution is 8.93. The highest BCUT2D eigenvalue weighted by atomic mass is 79.9. The van der Waals surface area contributed by atoms with Gasteiger partial charge in [-0.3, -0.25) is 0 Å². The lowest BCUT2D eigenvalue weighted by Crippen LogP contribution is -2.32. The van der Waals surface area contributed by atoms with Gasteiger partial charge in [-0.15, -0.1) is 26.2 Å². The maximum absolute atomic E-state index is 3.45. The molecule has 1 atom stereocenters. The van der Waals surface area contributed by atoms with Gasteiger partial charge in [0.25, 0.3) is 0 Å². The van der Waals surface area contributed by atoms with Crippen molar-refractivity contribution in [1.82, 2.24) is 0 Å². The third-order valence-corrected chi connectivity index (χ3v) is 7.67. The van der Waals surface area contributed by atoms with Crippen molar-refractivity contribution in [1.29, 1.82) is 0 Å². The zero-order valence-corrected chi connectivity index (χ0v) is 23.1. The summed E-state index contributed by atoms with van der Waals surface area (Å²) in [4.78, 5) is 0. The van der Waals surface area contributed by atoms with Crippen LogP contribution in [0.4, 0.5) is 0 Å². The third-order valence-electron chi connectivity index (χ3n) is 6.62. The quantitative estimate of drug-likeness (QED) is 0.113. The van der Waals surface area contributed by atoms with Crippen LogP contribution in [0.5, 0.6) is 0 Å². The van der Waals surface area contributed by atoms with Crippen molar-refractivity contribution in [2.45, 2.75) is 161 Å². The van der Waals surface area contributed by atoms with E-state index in [2.05, 4.69) is 36.9 Å². The Labute approximate surface area is 193 Å². The van der Waals surface area contributed by atoms with E-state index in [0.717, 1.165) is 5.92 Å². The largest absolute Gasteiger partial charge is 0.131 e. The first kappa shape index (κ1) is 31.1. The van der Waals surface area contributed by atoms with E-state index in [1.54, 1.807) is 0 Å². The predicted octanol–water partition coefficient (Wildman–Crippen LogP) is 10.7. The van der Waals surface area contributed by atoms with Gasteiger partial charge in [-0.25, -0.2) is 0 Å². The summed E-state index contributed by atoms with van der Waals surface area (Å²) in [6, 6.07) is 0. The number of hydrogen-bond donors (Lipinski definition) is 0. The lowest BCUT2D eigenvalue weighted by Gasteiger charge is -2.39. The monoisotopic (exact) mass is 478 g/mol. The standard InChI is InChI=1S/C26H55P.BrH/c1-5-9-13-17-21-25(22-18-14-10-6-2)26(27,23-19-15-11-7-3)24-20-16-12-8-4;/h25H,5-24,27H2,1-4H3;1H. The van der Waals surface area contributed by atoms with E-state index >= 15 is 0 Å². The molecule has 1 unspecified atom stereocenters. The Hall–Kier alpha value is 0.910. The molecule has 2 heteroatoms. The van der Waals surface area contributed by atoms with E-state index in [0.29, 0.717) is 5.16 Å². The Morgan fingerprint density at radius 1 is 0.500 bits per heavy atom. The van der Waals surface area contributed by atoms with E-state index in [1.165, 1.54) is 128 Å². The van der Waals surface area contributed by atoms with E-state index < -0.39 is 0 Å². The second-order valence-electron chi connectivity index (χ2n) is 9.25. The van der Waals surface area contributed by atoms with Gasteiger partial charge < -0.3 is 0 Å². The minimum Gasteiger partial charge on any atom is -0.131 e. The first-order valence-corrected chi connectivity index (χ1v) is 13.5. The van der Waals surface area contributed by atoms with Crippen LogP contribution in [0.1, 0.15) is 156 Å². The van der Waals surface area contributed by atoms with E-state index in [-0.39, 0.29) is 17.0 Å². The van der Waals surface area contributed by atoms with Crippen molar-refractivity contribution >= 4 is 26.2 Å². The molecule has 0 aliphatic rings. The molecule has 0 aliphatic heterocycles. The normalized spacial score (nSPS) is 11.8. The molecule has 0 radical (unpaired) electrons. The van der Waals surface area contributed by atoms with Crippen LogP contribution in [0, 0.1) is 5.92 Å². The Kier molecular flexibility index (Phi) is 25.1. The molecular formula is C26H56BrP. The summed E-state index contributed by atoms with van der Waals surface area (Å²) in [7, 11) is 3.45. The van der Waals surface area contributed by atoms with Gasteiger partial charge in [0.2, 0.25) is 0 Å². The lowest BCUT2D eigenvalue weighted by atomic mass is 9.77. The Morgan fingerprint density at radius 3 is 1.14 bits per heavy atom. The molecule has 0 amide bonds. The van der Waals surface area contributed by atoms with Crippen LogP contribution in [0.3, 0.4) is 0 Å². The second-order valence-corrected chi connectivity index (χ2v) is 10.4. The molecule has 172 valence electrons. The molecule has 0 aromatic carbocycles. The number of rotatable bonds is 21. The molecule has 0 bridgehead atoms. The number of halogens is 1. The smallest absolute Gasteiger partial charge is 0.0122 e. The number of hydrogen-bond acceptors (Lipinski definition) is 0.